The summed E-state index contributed by atoms with van der Waals surface area (Å²) in [6, 6.07) is 20.1. The summed E-state index contributed by atoms with van der Waals surface area (Å²) in [5.74, 6) is 0.0745. The van der Waals surface area contributed by atoms with Gasteiger partial charge in [0.25, 0.3) is 0 Å². The fourth-order valence-corrected chi connectivity index (χ4v) is 3.38. The first-order valence-corrected chi connectivity index (χ1v) is 9.07. The molecule has 1 heterocycles. The Labute approximate surface area is 150 Å². The lowest BCUT2D eigenvalue weighted by atomic mass is 10.1. The molecular weight excluding hydrogens is 310 g/mol. The Kier molecular flexibility index (Phi) is 6.20. The maximum absolute atomic E-state index is 12.7. The van der Waals surface area contributed by atoms with Gasteiger partial charge in [0.05, 0.1) is 6.04 Å². The molecule has 0 aliphatic carbocycles. The molecule has 25 heavy (non-hydrogen) atoms. The van der Waals surface area contributed by atoms with Crippen LogP contribution in [0.25, 0.3) is 0 Å². The Morgan fingerprint density at radius 2 is 1.52 bits per heavy atom. The molecule has 0 radical (unpaired) electrons. The first-order chi connectivity index (χ1) is 12.2. The number of nitrogens with two attached hydrogens (primary N) is 1. The maximum atomic E-state index is 12.7. The highest BCUT2D eigenvalue weighted by Gasteiger charge is 2.23. The number of carbonyl (C=O) groups is 1. The van der Waals surface area contributed by atoms with E-state index in [0.29, 0.717) is 6.42 Å². The smallest absolute Gasteiger partial charge is 0.239 e. The second-order valence-corrected chi connectivity index (χ2v) is 6.74. The van der Waals surface area contributed by atoms with Gasteiger partial charge in [0.1, 0.15) is 0 Å². The molecule has 1 amide bonds. The third-order valence-corrected chi connectivity index (χ3v) is 4.76. The van der Waals surface area contributed by atoms with Crippen molar-refractivity contribution < 1.29 is 4.79 Å². The third kappa shape index (κ3) is 5.15. The Morgan fingerprint density at radius 3 is 2.20 bits per heavy atom. The van der Waals surface area contributed by atoms with Crippen LogP contribution in [0, 0.1) is 0 Å². The normalized spacial score (nSPS) is 17.1. The molecule has 2 N–H and O–H groups in total. The zero-order valence-electron chi connectivity index (χ0n) is 14.7. The van der Waals surface area contributed by atoms with Crippen LogP contribution in [0.2, 0.25) is 0 Å². The van der Waals surface area contributed by atoms with Crippen LogP contribution in [0.5, 0.6) is 0 Å². The van der Waals surface area contributed by atoms with E-state index >= 15 is 0 Å². The average molecular weight is 337 g/mol. The minimum atomic E-state index is -0.455. The second-order valence-electron chi connectivity index (χ2n) is 6.74. The number of amides is 1. The van der Waals surface area contributed by atoms with Gasteiger partial charge in [-0.25, -0.2) is 0 Å². The molecule has 1 unspecified atom stereocenters. The molecule has 132 valence electrons. The zero-order valence-corrected chi connectivity index (χ0v) is 14.7. The topological polar surface area (TPSA) is 49.6 Å². The lowest BCUT2D eigenvalue weighted by Gasteiger charge is -2.25. The fraction of sp³-hybridized carbons (Fsp3) is 0.381. The van der Waals surface area contributed by atoms with Crippen LogP contribution in [-0.2, 0) is 17.8 Å². The van der Waals surface area contributed by atoms with E-state index in [-0.39, 0.29) is 5.91 Å². The van der Waals surface area contributed by atoms with Crippen molar-refractivity contribution >= 4 is 5.91 Å². The highest BCUT2D eigenvalue weighted by Crippen LogP contribution is 2.11. The monoisotopic (exact) mass is 337 g/mol. The van der Waals surface area contributed by atoms with E-state index < -0.39 is 6.04 Å². The van der Waals surface area contributed by atoms with Crippen molar-refractivity contribution in [3.8, 4) is 0 Å². The molecule has 1 aliphatic rings. The summed E-state index contributed by atoms with van der Waals surface area (Å²) in [5.41, 5.74) is 8.62. The minimum Gasteiger partial charge on any atom is -0.340 e. The molecule has 4 nitrogen and oxygen atoms in total. The number of hydrogen-bond acceptors (Lipinski definition) is 3. The highest BCUT2D eigenvalue weighted by molar-refractivity contribution is 5.82. The molecule has 1 aliphatic heterocycles. The quantitative estimate of drug-likeness (QED) is 0.911. The summed E-state index contributed by atoms with van der Waals surface area (Å²) < 4.78 is 0. The van der Waals surface area contributed by atoms with E-state index in [1.54, 1.807) is 0 Å². The van der Waals surface area contributed by atoms with E-state index in [1.807, 2.05) is 41.3 Å². The number of hydrogen-bond donors (Lipinski definition) is 1. The molecular formula is C21H27N3O. The first-order valence-electron chi connectivity index (χ1n) is 9.07. The number of nitrogens with zero attached hydrogens (tertiary/aromatic N) is 2. The molecule has 3 rings (SSSR count). The van der Waals surface area contributed by atoms with Crippen LogP contribution < -0.4 is 5.73 Å². The molecule has 1 atom stereocenters. The standard InChI is InChI=1S/C21H27N3O/c22-20(16-18-8-3-1-4-9-18)21(25)24-13-7-12-23(14-15-24)17-19-10-5-2-6-11-19/h1-6,8-11,20H,7,12-17,22H2. The van der Waals surface area contributed by atoms with E-state index in [4.69, 9.17) is 5.73 Å². The number of carbonyl (C=O) groups excluding carboxylic acids is 1. The SMILES string of the molecule is NC(Cc1ccccc1)C(=O)N1CCCN(Cc2ccccc2)CC1. The van der Waals surface area contributed by atoms with Crippen LogP contribution in [0.4, 0.5) is 0 Å². The van der Waals surface area contributed by atoms with Crippen LogP contribution >= 0.6 is 0 Å². The fourth-order valence-electron chi connectivity index (χ4n) is 3.38. The van der Waals surface area contributed by atoms with Gasteiger partial charge >= 0.3 is 0 Å². The van der Waals surface area contributed by atoms with Crippen molar-refractivity contribution in [1.82, 2.24) is 9.80 Å². The Morgan fingerprint density at radius 1 is 0.880 bits per heavy atom. The molecule has 0 aromatic heterocycles. The molecule has 2 aromatic carbocycles. The summed E-state index contributed by atoms with van der Waals surface area (Å²) in [6.07, 6.45) is 1.60. The van der Waals surface area contributed by atoms with E-state index in [9.17, 15) is 4.79 Å². The van der Waals surface area contributed by atoms with Gasteiger partial charge in [0.2, 0.25) is 5.91 Å². The summed E-state index contributed by atoms with van der Waals surface area (Å²) >= 11 is 0. The summed E-state index contributed by atoms with van der Waals surface area (Å²) in [5, 5.41) is 0. The summed E-state index contributed by atoms with van der Waals surface area (Å²) in [4.78, 5) is 17.1. The predicted octanol–water partition coefficient (Wildman–Crippen LogP) is 2.29. The molecule has 0 bridgehead atoms. The lowest BCUT2D eigenvalue weighted by molar-refractivity contribution is -0.132. The Hall–Kier alpha value is -2.17. The molecule has 1 fully saturated rings. The van der Waals surface area contributed by atoms with Crippen LogP contribution in [0.1, 0.15) is 17.5 Å². The van der Waals surface area contributed by atoms with E-state index in [1.165, 1.54) is 5.56 Å². The minimum absolute atomic E-state index is 0.0745. The zero-order chi connectivity index (χ0) is 17.5. The van der Waals surface area contributed by atoms with Crippen molar-refractivity contribution in [2.75, 3.05) is 26.2 Å². The van der Waals surface area contributed by atoms with Crippen LogP contribution in [-0.4, -0.2) is 47.9 Å². The van der Waals surface area contributed by atoms with Crippen molar-refractivity contribution in [1.29, 1.82) is 0 Å². The molecule has 0 spiro atoms. The van der Waals surface area contributed by atoms with E-state index in [0.717, 1.165) is 44.7 Å². The maximum Gasteiger partial charge on any atom is 0.239 e. The average Bonchev–Trinajstić information content (AvgIpc) is 2.88. The van der Waals surface area contributed by atoms with Gasteiger partial charge in [-0.2, -0.15) is 0 Å². The summed E-state index contributed by atoms with van der Waals surface area (Å²) in [6.45, 7) is 4.42. The van der Waals surface area contributed by atoms with Gasteiger partial charge in [-0.15, -0.1) is 0 Å². The van der Waals surface area contributed by atoms with Crippen molar-refractivity contribution in [2.45, 2.75) is 25.4 Å². The number of rotatable bonds is 5. The Bertz CT molecular complexity index is 659. The summed E-state index contributed by atoms with van der Waals surface area (Å²) in [7, 11) is 0. The predicted molar refractivity (Wildman–Crippen MR) is 101 cm³/mol. The van der Waals surface area contributed by atoms with Gasteiger partial charge in [0, 0.05) is 32.7 Å². The third-order valence-electron chi connectivity index (χ3n) is 4.76. The second kappa shape index (κ2) is 8.79. The molecule has 0 saturated carbocycles. The lowest BCUT2D eigenvalue weighted by Crippen LogP contribution is -2.46. The van der Waals surface area contributed by atoms with Gasteiger partial charge < -0.3 is 10.6 Å². The van der Waals surface area contributed by atoms with Gasteiger partial charge in [-0.1, -0.05) is 60.7 Å². The first kappa shape index (κ1) is 17.6. The van der Waals surface area contributed by atoms with Gasteiger partial charge in [0.15, 0.2) is 0 Å². The van der Waals surface area contributed by atoms with E-state index in [2.05, 4.69) is 29.2 Å². The molecule has 4 heteroatoms. The highest BCUT2D eigenvalue weighted by atomic mass is 16.2. The molecule has 1 saturated heterocycles. The van der Waals surface area contributed by atoms with Crippen molar-refractivity contribution in [3.63, 3.8) is 0 Å². The largest absolute Gasteiger partial charge is 0.340 e. The number of benzene rings is 2. The van der Waals surface area contributed by atoms with Crippen LogP contribution in [0.3, 0.4) is 0 Å². The van der Waals surface area contributed by atoms with Crippen molar-refractivity contribution in [2.24, 2.45) is 5.73 Å². The van der Waals surface area contributed by atoms with Crippen LogP contribution in [0.15, 0.2) is 60.7 Å². The Balaban J connectivity index is 1.52. The van der Waals surface area contributed by atoms with Gasteiger partial charge in [-0.3, -0.25) is 9.69 Å². The molecule has 2 aromatic rings. The van der Waals surface area contributed by atoms with Gasteiger partial charge in [-0.05, 0) is 24.0 Å². The van der Waals surface area contributed by atoms with Crippen molar-refractivity contribution in [3.05, 3.63) is 71.8 Å².